The monoisotopic (exact) mass is 405 g/mol. The number of aliphatic hydroxyl groups is 1. The van der Waals surface area contributed by atoms with Crippen LogP contribution in [-0.4, -0.2) is 63.6 Å². The summed E-state index contributed by atoms with van der Waals surface area (Å²) >= 11 is 0. The average Bonchev–Trinajstić information content (AvgIpc) is 3.21. The molecule has 0 amide bonds. The van der Waals surface area contributed by atoms with Crippen LogP contribution in [0.3, 0.4) is 0 Å². The Bertz CT molecular complexity index is 1150. The minimum atomic E-state index is -0.705. The van der Waals surface area contributed by atoms with Crippen LogP contribution in [0.25, 0.3) is 21.9 Å². The normalized spacial score (nSPS) is 15.6. The highest BCUT2D eigenvalue weighted by Gasteiger charge is 2.19. The Morgan fingerprint density at radius 2 is 1.87 bits per heavy atom. The molecule has 1 N–H and O–H groups in total. The van der Waals surface area contributed by atoms with Crippen LogP contribution in [0.5, 0.6) is 5.75 Å². The van der Waals surface area contributed by atoms with E-state index in [1.807, 2.05) is 47.0 Å². The van der Waals surface area contributed by atoms with Gasteiger partial charge in [-0.1, -0.05) is 36.4 Å². The molecule has 2 aromatic heterocycles. The van der Waals surface area contributed by atoms with Crippen LogP contribution in [0, 0.1) is 0 Å². The molecule has 3 heterocycles. The zero-order chi connectivity index (χ0) is 20.3. The molecule has 0 bridgehead atoms. The van der Waals surface area contributed by atoms with Crippen molar-refractivity contribution in [2.24, 2.45) is 0 Å². The number of rotatable bonds is 6. The van der Waals surface area contributed by atoms with E-state index < -0.39 is 6.10 Å². The first-order chi connectivity index (χ1) is 14.8. The van der Waals surface area contributed by atoms with Crippen LogP contribution in [0.4, 0.5) is 5.82 Å². The molecule has 4 aromatic rings. The Balaban J connectivity index is 1.30. The number of nitrogens with zero attached hydrogens (tertiary/aromatic N) is 5. The summed E-state index contributed by atoms with van der Waals surface area (Å²) in [4.78, 5) is 15.5. The molecular formula is C22H23N5O3. The first kappa shape index (κ1) is 18.8. The molecule has 1 aliphatic rings. The number of hydrogen-bond acceptors (Lipinski definition) is 7. The second-order valence-corrected chi connectivity index (χ2v) is 7.31. The molecule has 0 aliphatic carbocycles. The van der Waals surface area contributed by atoms with E-state index in [0.717, 1.165) is 40.9 Å². The molecule has 1 saturated heterocycles. The molecule has 2 aromatic carbocycles. The Morgan fingerprint density at radius 1 is 1.03 bits per heavy atom. The van der Waals surface area contributed by atoms with Gasteiger partial charge in [0.05, 0.1) is 26.1 Å². The number of hydrogen-bond donors (Lipinski definition) is 1. The summed E-state index contributed by atoms with van der Waals surface area (Å²) in [6.45, 7) is 3.42. The van der Waals surface area contributed by atoms with E-state index in [1.54, 1.807) is 12.7 Å². The minimum absolute atomic E-state index is 0.176. The number of imidazole rings is 1. The topological polar surface area (TPSA) is 85.5 Å². The largest absolute Gasteiger partial charge is 0.490 e. The highest BCUT2D eigenvalue weighted by molar-refractivity contribution is 5.88. The standard InChI is InChI=1S/C22H23N5O3/c28-17(13-30-19-7-3-5-16-4-1-2-6-18(16)19)12-27-15-25-20-21(23-14-24-22(20)27)26-8-10-29-11-9-26/h1-7,14-15,17,28H,8-13H2/t17-/m1/s1. The summed E-state index contributed by atoms with van der Waals surface area (Å²) in [5, 5.41) is 12.7. The summed E-state index contributed by atoms with van der Waals surface area (Å²) < 4.78 is 13.2. The molecule has 1 fully saturated rings. The van der Waals surface area contributed by atoms with Gasteiger partial charge in [-0.3, -0.25) is 0 Å². The maximum atomic E-state index is 10.6. The molecule has 0 spiro atoms. The number of anilines is 1. The quantitative estimate of drug-likeness (QED) is 0.527. The lowest BCUT2D eigenvalue weighted by Gasteiger charge is -2.27. The molecule has 30 heavy (non-hydrogen) atoms. The van der Waals surface area contributed by atoms with E-state index >= 15 is 0 Å². The number of ether oxygens (including phenoxy) is 2. The van der Waals surface area contributed by atoms with Gasteiger partial charge in [0.15, 0.2) is 17.0 Å². The average molecular weight is 405 g/mol. The highest BCUT2D eigenvalue weighted by atomic mass is 16.5. The first-order valence-electron chi connectivity index (χ1n) is 10.1. The maximum Gasteiger partial charge on any atom is 0.165 e. The Hall–Kier alpha value is -3.23. The SMILES string of the molecule is O[C@@H](COc1cccc2ccccc12)Cn1cnc2c(N3CCOCC3)ncnc21. The lowest BCUT2D eigenvalue weighted by molar-refractivity contribution is 0.0940. The fraction of sp³-hybridized carbons (Fsp3) is 0.318. The maximum absolute atomic E-state index is 10.6. The van der Waals surface area contributed by atoms with E-state index in [0.29, 0.717) is 25.4 Å². The van der Waals surface area contributed by atoms with Crippen molar-refractivity contribution in [3.63, 3.8) is 0 Å². The number of aromatic nitrogens is 4. The summed E-state index contributed by atoms with van der Waals surface area (Å²) in [5.41, 5.74) is 1.44. The third kappa shape index (κ3) is 3.67. The number of aliphatic hydroxyl groups excluding tert-OH is 1. The van der Waals surface area contributed by atoms with Gasteiger partial charge in [0.1, 0.15) is 24.8 Å². The van der Waals surface area contributed by atoms with Gasteiger partial charge < -0.3 is 24.0 Å². The molecular weight excluding hydrogens is 382 g/mol. The van der Waals surface area contributed by atoms with Gasteiger partial charge in [-0.15, -0.1) is 0 Å². The van der Waals surface area contributed by atoms with E-state index in [9.17, 15) is 5.11 Å². The van der Waals surface area contributed by atoms with E-state index in [1.165, 1.54) is 0 Å². The van der Waals surface area contributed by atoms with Crippen LogP contribution >= 0.6 is 0 Å². The molecule has 8 heteroatoms. The first-order valence-corrected chi connectivity index (χ1v) is 10.1. The van der Waals surface area contributed by atoms with Crippen LogP contribution in [-0.2, 0) is 11.3 Å². The lowest BCUT2D eigenvalue weighted by Crippen LogP contribution is -2.37. The van der Waals surface area contributed by atoms with Crippen molar-refractivity contribution in [3.8, 4) is 5.75 Å². The summed E-state index contributed by atoms with van der Waals surface area (Å²) in [7, 11) is 0. The summed E-state index contributed by atoms with van der Waals surface area (Å²) in [6, 6.07) is 14.0. The molecule has 1 aliphatic heterocycles. The van der Waals surface area contributed by atoms with Crippen LogP contribution < -0.4 is 9.64 Å². The van der Waals surface area contributed by atoms with Gasteiger partial charge in [-0.05, 0) is 11.5 Å². The van der Waals surface area contributed by atoms with Gasteiger partial charge in [0.25, 0.3) is 0 Å². The van der Waals surface area contributed by atoms with E-state index in [2.05, 4.69) is 19.9 Å². The molecule has 0 unspecified atom stereocenters. The molecule has 8 nitrogen and oxygen atoms in total. The molecule has 0 radical (unpaired) electrons. The zero-order valence-electron chi connectivity index (χ0n) is 16.5. The Labute approximate surface area is 173 Å². The smallest absolute Gasteiger partial charge is 0.165 e. The number of morpholine rings is 1. The molecule has 1 atom stereocenters. The summed E-state index contributed by atoms with van der Waals surface area (Å²) in [6.07, 6.45) is 2.54. The fourth-order valence-electron chi connectivity index (χ4n) is 3.80. The van der Waals surface area contributed by atoms with Crippen molar-refractivity contribution in [3.05, 3.63) is 55.1 Å². The van der Waals surface area contributed by atoms with Crippen LogP contribution in [0.15, 0.2) is 55.1 Å². The highest BCUT2D eigenvalue weighted by Crippen LogP contribution is 2.26. The number of benzene rings is 2. The van der Waals surface area contributed by atoms with Crippen molar-refractivity contribution in [1.29, 1.82) is 0 Å². The van der Waals surface area contributed by atoms with Crippen molar-refractivity contribution >= 4 is 27.8 Å². The number of fused-ring (bicyclic) bond motifs is 2. The minimum Gasteiger partial charge on any atom is -0.490 e. The van der Waals surface area contributed by atoms with E-state index in [4.69, 9.17) is 9.47 Å². The van der Waals surface area contributed by atoms with Gasteiger partial charge in [0, 0.05) is 18.5 Å². The third-order valence-electron chi connectivity index (χ3n) is 5.28. The van der Waals surface area contributed by atoms with Gasteiger partial charge in [-0.25, -0.2) is 15.0 Å². The molecule has 0 saturated carbocycles. The molecule has 5 rings (SSSR count). The Kier molecular flexibility index (Phi) is 5.17. The second kappa shape index (κ2) is 8.25. The molecule has 154 valence electrons. The van der Waals surface area contributed by atoms with Crippen molar-refractivity contribution in [2.45, 2.75) is 12.6 Å². The predicted octanol–water partition coefficient (Wildman–Crippen LogP) is 2.26. The lowest BCUT2D eigenvalue weighted by atomic mass is 10.1. The summed E-state index contributed by atoms with van der Waals surface area (Å²) in [5.74, 6) is 1.57. The van der Waals surface area contributed by atoms with Crippen LogP contribution in [0.1, 0.15) is 0 Å². The zero-order valence-corrected chi connectivity index (χ0v) is 16.5. The van der Waals surface area contributed by atoms with Gasteiger partial charge in [-0.2, -0.15) is 0 Å². The predicted molar refractivity (Wildman–Crippen MR) is 114 cm³/mol. The third-order valence-corrected chi connectivity index (χ3v) is 5.28. The van der Waals surface area contributed by atoms with Crippen molar-refractivity contribution in [1.82, 2.24) is 19.5 Å². The van der Waals surface area contributed by atoms with Crippen molar-refractivity contribution < 1.29 is 14.6 Å². The Morgan fingerprint density at radius 3 is 2.77 bits per heavy atom. The van der Waals surface area contributed by atoms with Crippen LogP contribution in [0.2, 0.25) is 0 Å². The second-order valence-electron chi connectivity index (χ2n) is 7.31. The fourth-order valence-corrected chi connectivity index (χ4v) is 3.80. The van der Waals surface area contributed by atoms with Crippen molar-refractivity contribution in [2.75, 3.05) is 37.8 Å². The van der Waals surface area contributed by atoms with E-state index in [-0.39, 0.29) is 6.61 Å². The van der Waals surface area contributed by atoms with Gasteiger partial charge >= 0.3 is 0 Å². The van der Waals surface area contributed by atoms with Gasteiger partial charge in [0.2, 0.25) is 0 Å².